The standard InChI is InChI=1S/C25H21ClN2O3/c26-19-12-10-17(11-13-19)14-15-27-25(30)31-24(18-6-2-1-3-7-18)23(29)21-16-28-22-9-5-4-8-20(21)22/h1-13,16,24,28H,14-15H2,(H,27,30). The van der Waals surface area contributed by atoms with E-state index in [1.807, 2.05) is 54.6 Å². The molecule has 4 aromatic rings. The summed E-state index contributed by atoms with van der Waals surface area (Å²) in [4.78, 5) is 28.9. The number of ketones is 1. The molecule has 0 saturated carbocycles. The van der Waals surface area contributed by atoms with Crippen LogP contribution in [0.3, 0.4) is 0 Å². The summed E-state index contributed by atoms with van der Waals surface area (Å²) in [5, 5.41) is 4.19. The van der Waals surface area contributed by atoms with Gasteiger partial charge in [-0.1, -0.05) is 72.3 Å². The number of aromatic nitrogens is 1. The van der Waals surface area contributed by atoms with Gasteiger partial charge in [-0.2, -0.15) is 0 Å². The van der Waals surface area contributed by atoms with E-state index in [-0.39, 0.29) is 5.78 Å². The highest BCUT2D eigenvalue weighted by molar-refractivity contribution is 6.30. The number of hydrogen-bond acceptors (Lipinski definition) is 3. The van der Waals surface area contributed by atoms with Crippen molar-refractivity contribution in [3.05, 3.63) is 107 Å². The van der Waals surface area contributed by atoms with Gasteiger partial charge in [0.1, 0.15) is 0 Å². The number of amides is 1. The number of halogens is 1. The van der Waals surface area contributed by atoms with E-state index in [0.717, 1.165) is 16.5 Å². The van der Waals surface area contributed by atoms with Gasteiger partial charge in [0, 0.05) is 39.8 Å². The number of alkyl carbamates (subject to hydrolysis) is 1. The molecule has 0 fully saturated rings. The number of benzene rings is 3. The molecule has 1 unspecified atom stereocenters. The van der Waals surface area contributed by atoms with Gasteiger partial charge in [0.25, 0.3) is 0 Å². The third-order valence-electron chi connectivity index (χ3n) is 5.02. The molecular weight excluding hydrogens is 412 g/mol. The van der Waals surface area contributed by atoms with E-state index >= 15 is 0 Å². The summed E-state index contributed by atoms with van der Waals surface area (Å²) in [5.74, 6) is -0.281. The Balaban J connectivity index is 1.48. The molecule has 3 aromatic carbocycles. The van der Waals surface area contributed by atoms with Crippen molar-refractivity contribution in [2.75, 3.05) is 6.54 Å². The number of H-pyrrole nitrogens is 1. The lowest BCUT2D eigenvalue weighted by Crippen LogP contribution is -2.30. The maximum atomic E-state index is 13.3. The highest BCUT2D eigenvalue weighted by atomic mass is 35.5. The molecule has 0 radical (unpaired) electrons. The monoisotopic (exact) mass is 432 g/mol. The van der Waals surface area contributed by atoms with Crippen LogP contribution in [0.5, 0.6) is 0 Å². The van der Waals surface area contributed by atoms with Crippen molar-refractivity contribution in [3.8, 4) is 0 Å². The fraction of sp³-hybridized carbons (Fsp3) is 0.120. The number of hydrogen-bond donors (Lipinski definition) is 2. The molecule has 2 N–H and O–H groups in total. The number of carbonyl (C=O) groups is 2. The van der Waals surface area contributed by atoms with Crippen molar-refractivity contribution in [3.63, 3.8) is 0 Å². The summed E-state index contributed by atoms with van der Waals surface area (Å²) >= 11 is 5.90. The van der Waals surface area contributed by atoms with E-state index in [9.17, 15) is 9.59 Å². The van der Waals surface area contributed by atoms with Crippen molar-refractivity contribution in [2.24, 2.45) is 0 Å². The summed E-state index contributed by atoms with van der Waals surface area (Å²) < 4.78 is 5.59. The van der Waals surface area contributed by atoms with Gasteiger partial charge in [0.05, 0.1) is 0 Å². The molecule has 0 aliphatic heterocycles. The zero-order valence-corrected chi connectivity index (χ0v) is 17.4. The maximum absolute atomic E-state index is 13.3. The normalized spacial score (nSPS) is 11.8. The molecule has 1 amide bonds. The van der Waals surface area contributed by atoms with E-state index in [4.69, 9.17) is 16.3 Å². The van der Waals surface area contributed by atoms with Crippen LogP contribution >= 0.6 is 11.6 Å². The maximum Gasteiger partial charge on any atom is 0.408 e. The number of nitrogens with one attached hydrogen (secondary N) is 2. The fourth-order valence-electron chi connectivity index (χ4n) is 3.43. The first-order valence-corrected chi connectivity index (χ1v) is 10.3. The molecule has 0 saturated heterocycles. The van der Waals surface area contributed by atoms with Crippen LogP contribution in [-0.4, -0.2) is 23.4 Å². The second-order valence-electron chi connectivity index (χ2n) is 7.11. The number of aromatic amines is 1. The molecule has 6 heteroatoms. The van der Waals surface area contributed by atoms with Gasteiger partial charge in [-0.15, -0.1) is 0 Å². The van der Waals surface area contributed by atoms with Gasteiger partial charge < -0.3 is 15.0 Å². The Kier molecular flexibility index (Phi) is 6.34. The first-order valence-electron chi connectivity index (χ1n) is 9.96. The Labute approximate surface area is 185 Å². The third-order valence-corrected chi connectivity index (χ3v) is 5.27. The average molecular weight is 433 g/mol. The first kappa shape index (κ1) is 20.7. The minimum absolute atomic E-state index is 0.281. The molecular formula is C25H21ClN2O3. The van der Waals surface area contributed by atoms with Crippen molar-refractivity contribution < 1.29 is 14.3 Å². The Hall–Kier alpha value is -3.57. The van der Waals surface area contributed by atoms with Crippen LogP contribution in [0.2, 0.25) is 5.02 Å². The van der Waals surface area contributed by atoms with Crippen molar-refractivity contribution in [1.82, 2.24) is 10.3 Å². The number of ether oxygens (including phenoxy) is 1. The molecule has 156 valence electrons. The summed E-state index contributed by atoms with van der Waals surface area (Å²) in [6.07, 6.45) is 0.593. The summed E-state index contributed by atoms with van der Waals surface area (Å²) in [6.45, 7) is 0.378. The molecule has 1 heterocycles. The predicted molar refractivity (Wildman–Crippen MR) is 121 cm³/mol. The fourth-order valence-corrected chi connectivity index (χ4v) is 3.55. The third kappa shape index (κ3) is 4.95. The molecule has 1 aromatic heterocycles. The highest BCUT2D eigenvalue weighted by Crippen LogP contribution is 2.27. The van der Waals surface area contributed by atoms with Crippen LogP contribution in [0.15, 0.2) is 85.1 Å². The summed E-state index contributed by atoms with van der Waals surface area (Å²) in [5.41, 5.74) is 2.99. The minimum atomic E-state index is -1.05. The van der Waals surface area contributed by atoms with Crippen LogP contribution in [0.4, 0.5) is 4.79 Å². The lowest BCUT2D eigenvalue weighted by Gasteiger charge is -2.17. The highest BCUT2D eigenvalue weighted by Gasteiger charge is 2.28. The smallest absolute Gasteiger partial charge is 0.408 e. The van der Waals surface area contributed by atoms with E-state index in [1.54, 1.807) is 30.5 Å². The molecule has 0 aliphatic rings. The quantitative estimate of drug-likeness (QED) is 0.367. The Morgan fingerprint density at radius 2 is 1.65 bits per heavy atom. The lowest BCUT2D eigenvalue weighted by molar-refractivity contribution is 0.0630. The van der Waals surface area contributed by atoms with Crippen LogP contribution in [0.25, 0.3) is 10.9 Å². The lowest BCUT2D eigenvalue weighted by atomic mass is 9.99. The Morgan fingerprint density at radius 1 is 0.935 bits per heavy atom. The molecule has 5 nitrogen and oxygen atoms in total. The number of rotatable bonds is 7. The average Bonchev–Trinajstić information content (AvgIpc) is 3.23. The minimum Gasteiger partial charge on any atom is -0.433 e. The second-order valence-corrected chi connectivity index (χ2v) is 7.55. The van der Waals surface area contributed by atoms with Crippen molar-refractivity contribution >= 4 is 34.4 Å². The Morgan fingerprint density at radius 3 is 2.42 bits per heavy atom. The summed E-state index contributed by atoms with van der Waals surface area (Å²) in [7, 11) is 0. The first-order chi connectivity index (χ1) is 15.1. The van der Waals surface area contributed by atoms with Crippen LogP contribution < -0.4 is 5.32 Å². The van der Waals surface area contributed by atoms with Crippen molar-refractivity contribution in [2.45, 2.75) is 12.5 Å². The largest absolute Gasteiger partial charge is 0.433 e. The number of fused-ring (bicyclic) bond motifs is 1. The number of carbonyl (C=O) groups excluding carboxylic acids is 2. The van der Waals surface area contributed by atoms with Gasteiger partial charge in [-0.3, -0.25) is 4.79 Å². The number of Topliss-reactive ketones (excluding diaryl/α,β-unsaturated/α-hetero) is 1. The number of para-hydroxylation sites is 1. The SMILES string of the molecule is O=C(NCCc1ccc(Cl)cc1)OC(C(=O)c1c[nH]c2ccccc12)c1ccccc1. The van der Waals surface area contributed by atoms with Crippen LogP contribution in [-0.2, 0) is 11.2 Å². The molecule has 0 aliphatic carbocycles. The molecule has 1 atom stereocenters. The van der Waals surface area contributed by atoms with Gasteiger partial charge in [-0.25, -0.2) is 4.79 Å². The van der Waals surface area contributed by atoms with E-state index in [1.165, 1.54) is 0 Å². The Bertz CT molecular complexity index is 1190. The molecule has 0 bridgehead atoms. The zero-order valence-electron chi connectivity index (χ0n) is 16.7. The molecule has 31 heavy (non-hydrogen) atoms. The predicted octanol–water partition coefficient (Wildman–Crippen LogP) is 5.71. The molecule has 0 spiro atoms. The van der Waals surface area contributed by atoms with Crippen LogP contribution in [0, 0.1) is 0 Å². The van der Waals surface area contributed by atoms with E-state index in [2.05, 4.69) is 10.3 Å². The van der Waals surface area contributed by atoms with Gasteiger partial charge in [-0.05, 0) is 30.2 Å². The second kappa shape index (κ2) is 9.49. The van der Waals surface area contributed by atoms with Crippen LogP contribution in [0.1, 0.15) is 27.6 Å². The zero-order chi connectivity index (χ0) is 21.6. The molecule has 4 rings (SSSR count). The van der Waals surface area contributed by atoms with Gasteiger partial charge in [0.15, 0.2) is 6.10 Å². The van der Waals surface area contributed by atoms with Gasteiger partial charge >= 0.3 is 6.09 Å². The van der Waals surface area contributed by atoms with E-state index < -0.39 is 12.2 Å². The topological polar surface area (TPSA) is 71.2 Å². The summed E-state index contributed by atoms with van der Waals surface area (Å²) in [6, 6.07) is 24.0. The van der Waals surface area contributed by atoms with Crippen molar-refractivity contribution in [1.29, 1.82) is 0 Å². The van der Waals surface area contributed by atoms with Gasteiger partial charge in [0.2, 0.25) is 5.78 Å². The van der Waals surface area contributed by atoms with E-state index in [0.29, 0.717) is 29.1 Å².